The van der Waals surface area contributed by atoms with E-state index in [0.29, 0.717) is 22.9 Å². The van der Waals surface area contributed by atoms with Crippen LogP contribution in [0.3, 0.4) is 0 Å². The molecule has 3 N–H and O–H groups in total. The minimum Gasteiger partial charge on any atom is -0.326 e. The molecule has 0 fully saturated rings. The second kappa shape index (κ2) is 9.71. The van der Waals surface area contributed by atoms with Gasteiger partial charge in [-0.05, 0) is 85.0 Å². The first-order valence-corrected chi connectivity index (χ1v) is 12.1. The minimum absolute atomic E-state index is 0.0439. The monoisotopic (exact) mass is 463 g/mol. The minimum atomic E-state index is -0.213. The lowest BCUT2D eigenvalue weighted by molar-refractivity contribution is -0.115. The molecule has 0 radical (unpaired) electrons. The fraction of sp³-hybridized carbons (Fsp3) is 0.200. The van der Waals surface area contributed by atoms with E-state index in [2.05, 4.69) is 53.5 Å². The number of carbonyl (C=O) groups excluding carboxylic acids is 2. The number of amides is 2. The number of benzene rings is 3. The zero-order valence-electron chi connectivity index (χ0n) is 18.1. The molecule has 3 aromatic rings. The van der Waals surface area contributed by atoms with Gasteiger partial charge in [0.2, 0.25) is 5.91 Å². The number of fused-ring (bicyclic) bond motifs is 1. The van der Waals surface area contributed by atoms with Crippen LogP contribution in [0, 0.1) is 0 Å². The van der Waals surface area contributed by atoms with Crippen molar-refractivity contribution in [1.82, 2.24) is 0 Å². The molecule has 1 aliphatic rings. The molecule has 7 heteroatoms. The predicted octanol–water partition coefficient (Wildman–Crippen LogP) is 6.61. The predicted molar refractivity (Wildman–Crippen MR) is 135 cm³/mol. The summed E-state index contributed by atoms with van der Waals surface area (Å²) in [4.78, 5) is 26.6. The van der Waals surface area contributed by atoms with Crippen LogP contribution in [0.15, 0.2) is 76.5 Å². The van der Waals surface area contributed by atoms with Crippen LogP contribution in [0.4, 0.5) is 17.1 Å². The number of hydrogen-bond donors (Lipinski definition) is 3. The third-order valence-corrected chi connectivity index (χ3v) is 7.17. The van der Waals surface area contributed by atoms with Crippen molar-refractivity contribution in [2.45, 2.75) is 41.7 Å². The maximum Gasteiger partial charge on any atom is 0.255 e. The Hall–Kier alpha value is -2.90. The number of rotatable bonds is 6. The van der Waals surface area contributed by atoms with E-state index in [4.69, 9.17) is 0 Å². The molecule has 0 aromatic heterocycles. The Bertz CT molecular complexity index is 1130. The average Bonchev–Trinajstić information content (AvgIpc) is 2.79. The van der Waals surface area contributed by atoms with Gasteiger partial charge in [0.25, 0.3) is 5.91 Å². The summed E-state index contributed by atoms with van der Waals surface area (Å²) < 4.78 is 3.34. The first kappa shape index (κ1) is 22.3. The van der Waals surface area contributed by atoms with Crippen LogP contribution in [0.5, 0.6) is 0 Å². The molecule has 2 amide bonds. The molecular formula is C25H25N3O2S2. The highest BCUT2D eigenvalue weighted by atomic mass is 32.2. The molecule has 32 heavy (non-hydrogen) atoms. The van der Waals surface area contributed by atoms with Crippen LogP contribution in [-0.4, -0.2) is 17.1 Å². The fourth-order valence-corrected chi connectivity index (χ4v) is 4.79. The van der Waals surface area contributed by atoms with Gasteiger partial charge < -0.3 is 15.4 Å². The first-order valence-electron chi connectivity index (χ1n) is 10.4. The molecule has 0 aliphatic carbocycles. The van der Waals surface area contributed by atoms with Gasteiger partial charge in [0.1, 0.15) is 0 Å². The lowest BCUT2D eigenvalue weighted by atomic mass is 10.0. The molecule has 0 saturated carbocycles. The van der Waals surface area contributed by atoms with Crippen molar-refractivity contribution in [2.75, 3.05) is 15.4 Å². The summed E-state index contributed by atoms with van der Waals surface area (Å²) in [6.45, 7) is 6.23. The zero-order chi connectivity index (χ0) is 22.7. The summed E-state index contributed by atoms with van der Waals surface area (Å²) in [5.74, 6) is 0.258. The van der Waals surface area contributed by atoms with Crippen LogP contribution in [0.2, 0.25) is 0 Å². The molecule has 0 bridgehead atoms. The van der Waals surface area contributed by atoms with Crippen molar-refractivity contribution in [3.63, 3.8) is 0 Å². The average molecular weight is 464 g/mol. The lowest BCUT2D eigenvalue weighted by Crippen LogP contribution is -2.26. The van der Waals surface area contributed by atoms with Crippen molar-refractivity contribution in [2.24, 2.45) is 0 Å². The van der Waals surface area contributed by atoms with Crippen molar-refractivity contribution in [3.05, 3.63) is 77.9 Å². The highest BCUT2D eigenvalue weighted by molar-refractivity contribution is 8.01. The fourth-order valence-electron chi connectivity index (χ4n) is 3.21. The van der Waals surface area contributed by atoms with E-state index < -0.39 is 0 Å². The summed E-state index contributed by atoms with van der Waals surface area (Å²) in [6.07, 6.45) is 0. The Labute approximate surface area is 196 Å². The summed E-state index contributed by atoms with van der Waals surface area (Å²) >= 11 is 3.02. The molecule has 3 aromatic carbocycles. The summed E-state index contributed by atoms with van der Waals surface area (Å²) in [6, 6.07) is 21.5. The van der Waals surface area contributed by atoms with Gasteiger partial charge in [-0.25, -0.2) is 0 Å². The molecule has 164 valence electrons. The van der Waals surface area contributed by atoms with Gasteiger partial charge in [-0.3, -0.25) is 9.59 Å². The van der Waals surface area contributed by atoms with Crippen molar-refractivity contribution in [1.29, 1.82) is 0 Å². The number of carbonyl (C=O) groups is 2. The van der Waals surface area contributed by atoms with E-state index >= 15 is 0 Å². The number of thioether (sulfide) groups is 1. The van der Waals surface area contributed by atoms with Gasteiger partial charge in [-0.1, -0.05) is 26.0 Å². The topological polar surface area (TPSA) is 70.2 Å². The SMILES string of the molecule is CC1Sc2ccc(C(=O)Nc3ccc(SNc4ccc(C(C)C)cc4)cc3)cc2NC1=O. The Morgan fingerprint density at radius 3 is 2.38 bits per heavy atom. The Morgan fingerprint density at radius 1 is 1.00 bits per heavy atom. The van der Waals surface area contributed by atoms with Crippen LogP contribution in [0.1, 0.15) is 42.6 Å². The molecule has 4 rings (SSSR count). The first-order chi connectivity index (χ1) is 15.4. The van der Waals surface area contributed by atoms with Gasteiger partial charge in [0.05, 0.1) is 10.9 Å². The quantitative estimate of drug-likeness (QED) is 0.359. The summed E-state index contributed by atoms with van der Waals surface area (Å²) in [5, 5.41) is 5.65. The van der Waals surface area contributed by atoms with Gasteiger partial charge in [-0.15, -0.1) is 11.8 Å². The van der Waals surface area contributed by atoms with Gasteiger partial charge in [0.15, 0.2) is 0 Å². The molecule has 0 saturated heterocycles. The Kier molecular flexibility index (Phi) is 6.77. The highest BCUT2D eigenvalue weighted by Crippen LogP contribution is 2.36. The van der Waals surface area contributed by atoms with Crippen molar-refractivity contribution in [3.8, 4) is 0 Å². The molecule has 1 atom stereocenters. The maximum atomic E-state index is 12.7. The second-order valence-electron chi connectivity index (χ2n) is 7.92. The van der Waals surface area contributed by atoms with E-state index in [1.807, 2.05) is 37.3 Å². The summed E-state index contributed by atoms with van der Waals surface area (Å²) in [7, 11) is 0. The maximum absolute atomic E-state index is 12.7. The van der Waals surface area contributed by atoms with Crippen molar-refractivity contribution < 1.29 is 9.59 Å². The third kappa shape index (κ3) is 5.29. The molecule has 0 spiro atoms. The summed E-state index contributed by atoms with van der Waals surface area (Å²) in [5.41, 5.74) is 4.26. The second-order valence-corrected chi connectivity index (χ2v) is 10.2. The molecule has 1 unspecified atom stereocenters. The van der Waals surface area contributed by atoms with Crippen LogP contribution in [0.25, 0.3) is 0 Å². The molecule has 1 aliphatic heterocycles. The number of nitrogens with one attached hydrogen (secondary N) is 3. The molecule has 5 nitrogen and oxygen atoms in total. The Balaban J connectivity index is 1.35. The smallest absolute Gasteiger partial charge is 0.255 e. The molecular weight excluding hydrogens is 438 g/mol. The van der Waals surface area contributed by atoms with E-state index in [1.54, 1.807) is 12.1 Å². The van der Waals surface area contributed by atoms with Crippen LogP contribution in [-0.2, 0) is 4.79 Å². The van der Waals surface area contributed by atoms with Crippen LogP contribution >= 0.6 is 23.7 Å². The van der Waals surface area contributed by atoms with Crippen LogP contribution < -0.4 is 15.4 Å². The standard InChI is InChI=1S/C25H25N3O2S2/c1-15(2)17-4-7-20(8-5-17)28-32-21-11-9-19(10-12-21)26-25(30)18-6-13-23-22(14-18)27-24(29)16(3)31-23/h4-16,28H,1-3H3,(H,26,30)(H,27,29). The van der Waals surface area contributed by atoms with Gasteiger partial charge in [-0.2, -0.15) is 0 Å². The van der Waals surface area contributed by atoms with Gasteiger partial charge in [0, 0.05) is 26.7 Å². The highest BCUT2D eigenvalue weighted by Gasteiger charge is 2.23. The Morgan fingerprint density at radius 2 is 1.69 bits per heavy atom. The third-order valence-electron chi connectivity index (χ3n) is 5.15. The van der Waals surface area contributed by atoms with Crippen molar-refractivity contribution >= 4 is 52.6 Å². The largest absolute Gasteiger partial charge is 0.326 e. The molecule has 1 heterocycles. The lowest BCUT2D eigenvalue weighted by Gasteiger charge is -2.21. The van der Waals surface area contributed by atoms with E-state index in [1.165, 1.54) is 29.3 Å². The zero-order valence-corrected chi connectivity index (χ0v) is 19.8. The number of anilines is 3. The van der Waals surface area contributed by atoms with E-state index in [-0.39, 0.29) is 17.1 Å². The van der Waals surface area contributed by atoms with E-state index in [0.717, 1.165) is 15.5 Å². The van der Waals surface area contributed by atoms with E-state index in [9.17, 15) is 9.59 Å². The number of hydrogen-bond acceptors (Lipinski definition) is 5. The normalized spacial score (nSPS) is 15.1. The van der Waals surface area contributed by atoms with Gasteiger partial charge >= 0.3 is 0 Å².